The molecule has 0 aromatic rings. The van der Waals surface area contributed by atoms with E-state index in [9.17, 15) is 9.90 Å². The average molecular weight is 362 g/mol. The van der Waals surface area contributed by atoms with Crippen LogP contribution in [0.5, 0.6) is 0 Å². The summed E-state index contributed by atoms with van der Waals surface area (Å²) < 4.78 is 33.0. The van der Waals surface area contributed by atoms with Gasteiger partial charge in [0.2, 0.25) is 0 Å². The Morgan fingerprint density at radius 1 is 1.35 bits per heavy atom. The molecule has 0 aromatic carbocycles. The van der Waals surface area contributed by atoms with Gasteiger partial charge in [-0.3, -0.25) is 0 Å². The van der Waals surface area contributed by atoms with Gasteiger partial charge >= 0.3 is 5.97 Å². The van der Waals surface area contributed by atoms with E-state index in [4.69, 9.17) is 14.2 Å². The second-order valence-electron chi connectivity index (χ2n) is 9.35. The fourth-order valence-corrected chi connectivity index (χ4v) is 6.74. The van der Waals surface area contributed by atoms with E-state index in [1.54, 1.807) is 0 Å². The highest BCUT2D eigenvalue weighted by Crippen LogP contribution is 2.79. The summed E-state index contributed by atoms with van der Waals surface area (Å²) >= 11 is 0. The SMILES string of the molecule is CC(C)C1=C[C@]23O[C@H]2C[C@H]2C4=C(CC[C@]2(C)[C@@]32O[C@H]2[C@@]1(O)F)C(=O)OC4. The van der Waals surface area contributed by atoms with Gasteiger partial charge in [-0.2, -0.15) is 0 Å². The fraction of sp³-hybridized carbons (Fsp3) is 0.750. The number of rotatable bonds is 1. The summed E-state index contributed by atoms with van der Waals surface area (Å²) in [6, 6.07) is 0. The quantitative estimate of drug-likeness (QED) is 0.440. The molecule has 0 radical (unpaired) electrons. The molecule has 3 heterocycles. The Bertz CT molecular complexity index is 828. The summed E-state index contributed by atoms with van der Waals surface area (Å²) in [6.45, 7) is 6.20. The predicted octanol–water partition coefficient (Wildman–Crippen LogP) is 2.19. The maximum absolute atomic E-state index is 15.5. The zero-order valence-corrected chi connectivity index (χ0v) is 15.2. The Hall–Kier alpha value is -1.24. The normalized spacial score (nSPS) is 56.0. The largest absolute Gasteiger partial charge is 0.458 e. The molecular formula is C20H23FO5. The van der Waals surface area contributed by atoms with Crippen LogP contribution in [0.2, 0.25) is 0 Å². The highest BCUT2D eigenvalue weighted by Gasteiger charge is 2.93. The van der Waals surface area contributed by atoms with Gasteiger partial charge in [0.25, 0.3) is 5.85 Å². The standard InChI is InChI=1S/C20H23FO5/c1-9(2)13-7-18-14(25-18)6-12-11-8-24-15(22)10(11)4-5-17(12,3)20(18)16(26-20)19(13,21)23/h7,9,12,14,16,23H,4-6,8H2,1-3H3/t12-,14-,16-,17-,18-,19+,20+/m0/s1. The van der Waals surface area contributed by atoms with Crippen LogP contribution in [0.4, 0.5) is 4.39 Å². The highest BCUT2D eigenvalue weighted by molar-refractivity contribution is 5.92. The molecule has 7 atom stereocenters. The van der Waals surface area contributed by atoms with Crippen LogP contribution in [0.25, 0.3) is 0 Å². The Balaban J connectivity index is 1.53. The van der Waals surface area contributed by atoms with Crippen LogP contribution in [0.3, 0.4) is 0 Å². The van der Waals surface area contributed by atoms with Gasteiger partial charge in [-0.1, -0.05) is 20.8 Å². The van der Waals surface area contributed by atoms with Gasteiger partial charge in [-0.05, 0) is 48.3 Å². The van der Waals surface area contributed by atoms with E-state index in [1.807, 2.05) is 19.9 Å². The summed E-state index contributed by atoms with van der Waals surface area (Å²) in [5.41, 5.74) is 0.310. The molecule has 0 aromatic heterocycles. The number of carbonyl (C=O) groups excluding carboxylic acids is 1. The Morgan fingerprint density at radius 2 is 2.12 bits per heavy atom. The molecule has 3 fully saturated rings. The monoisotopic (exact) mass is 362 g/mol. The number of aliphatic hydroxyl groups is 1. The fourth-order valence-electron chi connectivity index (χ4n) is 6.74. The zero-order chi connectivity index (χ0) is 18.3. The molecule has 140 valence electrons. The molecule has 3 aliphatic carbocycles. The van der Waals surface area contributed by atoms with Gasteiger partial charge in [-0.15, -0.1) is 0 Å². The molecule has 1 saturated carbocycles. The molecule has 1 N–H and O–H groups in total. The molecule has 5 nitrogen and oxygen atoms in total. The second kappa shape index (κ2) is 4.10. The molecule has 3 aliphatic heterocycles. The van der Waals surface area contributed by atoms with Crippen molar-refractivity contribution in [1.82, 2.24) is 0 Å². The van der Waals surface area contributed by atoms with Crippen LogP contribution < -0.4 is 0 Å². The third kappa shape index (κ3) is 1.37. The summed E-state index contributed by atoms with van der Waals surface area (Å²) in [5.74, 6) is -2.75. The third-order valence-corrected chi connectivity index (χ3v) is 8.07. The number of cyclic esters (lactones) is 1. The minimum absolute atomic E-state index is 0.0574. The molecular weight excluding hydrogens is 339 g/mol. The predicted molar refractivity (Wildman–Crippen MR) is 87.6 cm³/mol. The van der Waals surface area contributed by atoms with Crippen molar-refractivity contribution in [3.8, 4) is 0 Å². The van der Waals surface area contributed by atoms with E-state index in [1.165, 1.54) is 0 Å². The van der Waals surface area contributed by atoms with Gasteiger partial charge in [0.15, 0.2) is 6.10 Å². The van der Waals surface area contributed by atoms with Gasteiger partial charge in [-0.25, -0.2) is 9.18 Å². The zero-order valence-electron chi connectivity index (χ0n) is 15.2. The van der Waals surface area contributed by atoms with Crippen molar-refractivity contribution in [2.45, 2.75) is 69.3 Å². The van der Waals surface area contributed by atoms with Crippen molar-refractivity contribution in [2.75, 3.05) is 6.61 Å². The van der Waals surface area contributed by atoms with Gasteiger partial charge in [0.1, 0.15) is 17.8 Å². The summed E-state index contributed by atoms with van der Waals surface area (Å²) in [7, 11) is 0. The second-order valence-corrected chi connectivity index (χ2v) is 9.35. The van der Waals surface area contributed by atoms with Crippen LogP contribution in [0.15, 0.2) is 22.8 Å². The molecule has 6 aliphatic rings. The van der Waals surface area contributed by atoms with E-state index in [-0.39, 0.29) is 23.9 Å². The first-order valence-corrected chi connectivity index (χ1v) is 9.58. The first-order valence-electron chi connectivity index (χ1n) is 9.58. The molecule has 0 unspecified atom stereocenters. The number of hydrogen-bond acceptors (Lipinski definition) is 5. The first kappa shape index (κ1) is 15.8. The number of ether oxygens (including phenoxy) is 3. The number of halogens is 1. The van der Waals surface area contributed by atoms with Crippen molar-refractivity contribution in [3.63, 3.8) is 0 Å². The maximum atomic E-state index is 15.5. The minimum Gasteiger partial charge on any atom is -0.458 e. The average Bonchev–Trinajstić information content (AvgIpc) is 3.44. The molecule has 2 saturated heterocycles. The van der Waals surface area contributed by atoms with E-state index >= 15 is 4.39 Å². The number of alkyl halides is 1. The lowest BCUT2D eigenvalue weighted by Crippen LogP contribution is -2.63. The molecule has 26 heavy (non-hydrogen) atoms. The topological polar surface area (TPSA) is 71.6 Å². The summed E-state index contributed by atoms with van der Waals surface area (Å²) in [6.07, 6.45) is 2.98. The van der Waals surface area contributed by atoms with Crippen LogP contribution in [-0.2, 0) is 19.0 Å². The van der Waals surface area contributed by atoms with Gasteiger partial charge in [0, 0.05) is 11.0 Å². The van der Waals surface area contributed by atoms with Crippen LogP contribution in [-0.4, -0.2) is 46.9 Å². The van der Waals surface area contributed by atoms with Crippen molar-refractivity contribution in [2.24, 2.45) is 17.3 Å². The number of fused-ring (bicyclic) bond motifs is 2. The number of hydrogen-bond donors (Lipinski definition) is 1. The van der Waals surface area contributed by atoms with Crippen molar-refractivity contribution in [1.29, 1.82) is 0 Å². The van der Waals surface area contributed by atoms with E-state index < -0.39 is 28.6 Å². The van der Waals surface area contributed by atoms with Crippen molar-refractivity contribution < 1.29 is 28.5 Å². The van der Waals surface area contributed by atoms with Crippen LogP contribution >= 0.6 is 0 Å². The van der Waals surface area contributed by atoms with E-state index in [0.29, 0.717) is 25.0 Å². The molecule has 2 spiro atoms. The van der Waals surface area contributed by atoms with Crippen molar-refractivity contribution >= 4 is 5.97 Å². The number of carbonyl (C=O) groups is 1. The molecule has 6 rings (SSSR count). The third-order valence-electron chi connectivity index (χ3n) is 8.07. The summed E-state index contributed by atoms with van der Waals surface area (Å²) in [5, 5.41) is 10.7. The lowest BCUT2D eigenvalue weighted by molar-refractivity contribution is -0.136. The van der Waals surface area contributed by atoms with E-state index in [2.05, 4.69) is 6.92 Å². The van der Waals surface area contributed by atoms with Crippen LogP contribution in [0.1, 0.15) is 40.0 Å². The molecule has 0 amide bonds. The minimum atomic E-state index is -2.47. The maximum Gasteiger partial charge on any atom is 0.334 e. The number of esters is 1. The first-order chi connectivity index (χ1) is 12.2. The summed E-state index contributed by atoms with van der Waals surface area (Å²) in [4.78, 5) is 12.0. The lowest BCUT2D eigenvalue weighted by Gasteiger charge is -2.52. The van der Waals surface area contributed by atoms with Gasteiger partial charge < -0.3 is 19.3 Å². The Morgan fingerprint density at radius 3 is 2.85 bits per heavy atom. The smallest absolute Gasteiger partial charge is 0.334 e. The lowest BCUT2D eigenvalue weighted by atomic mass is 9.48. The van der Waals surface area contributed by atoms with Crippen LogP contribution in [0, 0.1) is 17.3 Å². The highest BCUT2D eigenvalue weighted by atomic mass is 19.2. The Labute approximate surface area is 151 Å². The molecule has 6 heteroatoms. The van der Waals surface area contributed by atoms with Crippen molar-refractivity contribution in [3.05, 3.63) is 22.8 Å². The van der Waals surface area contributed by atoms with Gasteiger partial charge in [0.05, 0.1) is 6.10 Å². The number of epoxide rings is 2. The Kier molecular flexibility index (Phi) is 2.49. The van der Waals surface area contributed by atoms with E-state index in [0.717, 1.165) is 17.6 Å². The molecule has 0 bridgehead atoms.